The van der Waals surface area contributed by atoms with Crippen molar-refractivity contribution in [1.29, 1.82) is 0 Å². The summed E-state index contributed by atoms with van der Waals surface area (Å²) in [5.74, 6) is -1.41. The van der Waals surface area contributed by atoms with Gasteiger partial charge in [-0.3, -0.25) is 10.1 Å². The van der Waals surface area contributed by atoms with Crippen molar-refractivity contribution in [3.05, 3.63) is 33.9 Å². The molecule has 0 bridgehead atoms. The van der Waals surface area contributed by atoms with E-state index in [0.717, 1.165) is 7.11 Å². The average Bonchev–Trinajstić information content (AvgIpc) is 2.24. The van der Waals surface area contributed by atoms with Crippen LogP contribution in [-0.2, 0) is 4.74 Å². The Labute approximate surface area is 108 Å². The maximum Gasteiger partial charge on any atom is 0.344 e. The maximum atomic E-state index is 12.9. The van der Waals surface area contributed by atoms with Crippen molar-refractivity contribution in [3.8, 4) is 0 Å². The number of nitro groups is 1. The van der Waals surface area contributed by atoms with Gasteiger partial charge >= 0.3 is 5.97 Å². The zero-order chi connectivity index (χ0) is 15.1. The number of halogens is 5. The summed E-state index contributed by atoms with van der Waals surface area (Å²) in [4.78, 5) is 18.7. The molecule has 0 aliphatic rings. The second kappa shape index (κ2) is 3.73. The quantitative estimate of drug-likeness (QED) is 0.360. The van der Waals surface area contributed by atoms with Crippen LogP contribution in [0.4, 0.5) is 21.2 Å². The highest BCUT2D eigenvalue weighted by molar-refractivity contribution is 8.65. The summed E-state index contributed by atoms with van der Waals surface area (Å²) in [5.41, 5.74) is -1.99. The van der Waals surface area contributed by atoms with Crippen LogP contribution in [-0.4, -0.2) is 18.0 Å². The molecule has 1 aromatic rings. The summed E-state index contributed by atoms with van der Waals surface area (Å²) in [6, 6.07) is 0.389. The average molecular weight is 324 g/mol. The Morgan fingerprint density at radius 1 is 1.37 bits per heavy atom. The second-order valence-electron chi connectivity index (χ2n) is 3.40. The fourth-order valence-corrected chi connectivity index (χ4v) is 2.14. The Morgan fingerprint density at radius 3 is 2.26 bits per heavy atom. The van der Waals surface area contributed by atoms with Gasteiger partial charge in [0.25, 0.3) is 14.7 Å². The fourth-order valence-electron chi connectivity index (χ4n) is 1.19. The predicted molar refractivity (Wildman–Crippen MR) is 60.6 cm³/mol. The molecule has 11 heteroatoms. The van der Waals surface area contributed by atoms with E-state index in [0.29, 0.717) is 6.07 Å². The maximum absolute atomic E-state index is 12.9. The molecule has 0 fully saturated rings. The molecule has 0 aromatic heterocycles. The summed E-state index contributed by atoms with van der Waals surface area (Å²) >= 11 is 0. The number of hydrogen-bond acceptors (Lipinski definition) is 4. The van der Waals surface area contributed by atoms with Gasteiger partial charge in [-0.15, -0.1) is 15.5 Å². The van der Waals surface area contributed by atoms with Crippen LogP contribution >= 0.6 is 19.7 Å². The van der Waals surface area contributed by atoms with Crippen LogP contribution in [0.3, 0.4) is 0 Å². The number of carbonyl (C=O) groups is 1. The molecule has 0 aliphatic heterocycles. The number of rotatable bonds is 3. The zero-order valence-electron chi connectivity index (χ0n) is 9.11. The summed E-state index contributed by atoms with van der Waals surface area (Å²) in [6.07, 6.45) is 0. The first-order chi connectivity index (χ1) is 8.26. The summed E-state index contributed by atoms with van der Waals surface area (Å²) in [6.45, 7) is 0. The SMILES string of the molecule is COC(=O)c1cc(S(F)(F)(F)(F)Cl)ccc1[N+](=O)[O-]. The normalized spacial score (nSPS) is 15.3. The number of ether oxygens (including phenoxy) is 1. The number of nitro benzene ring substituents is 1. The van der Waals surface area contributed by atoms with E-state index in [2.05, 4.69) is 15.4 Å². The number of hydrogen-bond donors (Lipinski definition) is 0. The third-order valence-electron chi connectivity index (χ3n) is 2.02. The van der Waals surface area contributed by atoms with Gasteiger partial charge in [0.1, 0.15) is 5.56 Å². The number of methoxy groups -OCH3 is 1. The van der Waals surface area contributed by atoms with Crippen LogP contribution in [0.25, 0.3) is 0 Å². The van der Waals surface area contributed by atoms with E-state index in [1.807, 2.05) is 0 Å². The van der Waals surface area contributed by atoms with Gasteiger partial charge in [-0.2, -0.15) is 0 Å². The summed E-state index contributed by atoms with van der Waals surface area (Å²) in [7, 11) is -4.19. The van der Waals surface area contributed by atoms with Crippen LogP contribution in [0.1, 0.15) is 10.4 Å². The van der Waals surface area contributed by atoms with Gasteiger partial charge < -0.3 is 4.74 Å². The molecule has 0 aliphatic carbocycles. The van der Waals surface area contributed by atoms with Crippen molar-refractivity contribution in [2.24, 2.45) is 0 Å². The minimum atomic E-state index is -9.05. The number of carbonyl (C=O) groups excluding carboxylic acids is 1. The van der Waals surface area contributed by atoms with E-state index < -0.39 is 36.1 Å². The molecule has 0 atom stereocenters. The number of nitrogens with zero attached hydrogens (tertiary/aromatic N) is 1. The van der Waals surface area contributed by atoms with Gasteiger partial charge in [0.2, 0.25) is 0 Å². The second-order valence-corrected chi connectivity index (χ2v) is 7.67. The number of esters is 1. The van der Waals surface area contributed by atoms with Gasteiger partial charge in [-0.1, -0.05) is 0 Å². The van der Waals surface area contributed by atoms with Crippen molar-refractivity contribution < 1.29 is 30.0 Å². The standard InChI is InChI=1S/C8H6ClF4NO4S/c1-18-8(15)6-4-5(19(9,10,11,12)13)2-3-7(6)14(16)17/h2-4H,1H3. The lowest BCUT2D eigenvalue weighted by atomic mass is 10.2. The van der Waals surface area contributed by atoms with E-state index in [1.165, 1.54) is 0 Å². The van der Waals surface area contributed by atoms with E-state index in [1.54, 1.807) is 0 Å². The van der Waals surface area contributed by atoms with Crippen LogP contribution in [0, 0.1) is 10.1 Å². The van der Waals surface area contributed by atoms with E-state index in [9.17, 15) is 30.5 Å². The Morgan fingerprint density at radius 2 is 1.89 bits per heavy atom. The molecule has 5 nitrogen and oxygen atoms in total. The minimum absolute atomic E-state index is 0.0431. The van der Waals surface area contributed by atoms with Gasteiger partial charge in [0.15, 0.2) is 0 Å². The molecule has 1 aromatic carbocycles. The molecular formula is C8H6ClF4NO4S. The highest BCUT2D eigenvalue weighted by atomic mass is 35.7. The molecule has 0 saturated heterocycles. The van der Waals surface area contributed by atoms with Crippen LogP contribution in [0.5, 0.6) is 0 Å². The fraction of sp³-hybridized carbons (Fsp3) is 0.125. The largest absolute Gasteiger partial charge is 0.465 e. The zero-order valence-corrected chi connectivity index (χ0v) is 10.7. The molecule has 0 heterocycles. The molecule has 0 spiro atoms. The lowest BCUT2D eigenvalue weighted by Gasteiger charge is -2.42. The molecule has 1 rings (SSSR count). The Hall–Kier alpha value is -1.55. The number of benzene rings is 1. The van der Waals surface area contributed by atoms with Gasteiger partial charge in [0.05, 0.1) is 16.9 Å². The first kappa shape index (κ1) is 15.5. The molecule has 19 heavy (non-hydrogen) atoms. The van der Waals surface area contributed by atoms with E-state index >= 15 is 0 Å². The van der Waals surface area contributed by atoms with Crippen molar-refractivity contribution in [1.82, 2.24) is 0 Å². The van der Waals surface area contributed by atoms with Crippen molar-refractivity contribution in [3.63, 3.8) is 0 Å². The lowest BCUT2D eigenvalue weighted by Crippen LogP contribution is -2.10. The van der Waals surface area contributed by atoms with Crippen molar-refractivity contribution in [2.75, 3.05) is 7.11 Å². The molecule has 0 radical (unpaired) electrons. The monoisotopic (exact) mass is 323 g/mol. The minimum Gasteiger partial charge on any atom is -0.465 e. The van der Waals surface area contributed by atoms with Crippen LogP contribution < -0.4 is 0 Å². The highest BCUT2D eigenvalue weighted by Crippen LogP contribution is 3.04. The first-order valence-corrected chi connectivity index (χ1v) is 7.25. The van der Waals surface area contributed by atoms with E-state index in [4.69, 9.17) is 0 Å². The molecular weight excluding hydrogens is 318 g/mol. The predicted octanol–water partition coefficient (Wildman–Crippen LogP) is 4.31. The van der Waals surface area contributed by atoms with Gasteiger partial charge in [-0.25, -0.2) is 4.79 Å². The van der Waals surface area contributed by atoms with Gasteiger partial charge in [0, 0.05) is 16.7 Å². The van der Waals surface area contributed by atoms with E-state index in [-0.39, 0.29) is 12.1 Å². The van der Waals surface area contributed by atoms with Crippen LogP contribution in [0.15, 0.2) is 23.1 Å². The van der Waals surface area contributed by atoms with Crippen molar-refractivity contribution in [2.45, 2.75) is 4.90 Å². The third kappa shape index (κ3) is 3.47. The molecule has 0 saturated carbocycles. The summed E-state index contributed by atoms with van der Waals surface area (Å²) < 4.78 is 55.8. The Bertz CT molecular complexity index is 574. The molecule has 0 N–H and O–H groups in total. The Balaban J connectivity index is 3.62. The Kier molecular flexibility index (Phi) is 3.04. The van der Waals surface area contributed by atoms with Crippen molar-refractivity contribution >= 4 is 31.4 Å². The molecule has 0 unspecified atom stereocenters. The van der Waals surface area contributed by atoms with Gasteiger partial charge in [-0.05, 0) is 12.1 Å². The molecule has 108 valence electrons. The third-order valence-corrected chi connectivity index (χ3v) is 3.69. The smallest absolute Gasteiger partial charge is 0.344 e. The molecule has 0 amide bonds. The van der Waals surface area contributed by atoms with Crippen LogP contribution in [0.2, 0.25) is 0 Å². The highest BCUT2D eigenvalue weighted by Gasteiger charge is 2.63. The summed E-state index contributed by atoms with van der Waals surface area (Å²) in [5, 5.41) is 10.6. The topological polar surface area (TPSA) is 69.4 Å². The first-order valence-electron chi connectivity index (χ1n) is 4.37. The lowest BCUT2D eigenvalue weighted by molar-refractivity contribution is -0.385.